The van der Waals surface area contributed by atoms with E-state index in [1.165, 1.54) is 36.8 Å². The Kier molecular flexibility index (Phi) is 4.86. The van der Waals surface area contributed by atoms with Gasteiger partial charge in [-0.3, -0.25) is 0 Å². The van der Waals surface area contributed by atoms with Crippen molar-refractivity contribution in [3.8, 4) is 0 Å². The van der Waals surface area contributed by atoms with Crippen molar-refractivity contribution in [3.05, 3.63) is 77.4 Å². The Morgan fingerprint density at radius 3 is 2.38 bits per heavy atom. The molecule has 0 bridgehead atoms. The van der Waals surface area contributed by atoms with E-state index < -0.39 is 0 Å². The normalized spacial score (nSPS) is 20.6. The maximum Gasteiger partial charge on any atom is 0.0285 e. The molecule has 1 nitrogen and oxygen atoms in total. The van der Waals surface area contributed by atoms with Crippen molar-refractivity contribution in [1.82, 2.24) is 5.32 Å². The lowest BCUT2D eigenvalue weighted by molar-refractivity contribution is 0.456. The number of hydrogen-bond acceptors (Lipinski definition) is 1. The minimum absolute atomic E-state index is 0.527. The minimum atomic E-state index is 0.527. The molecule has 1 unspecified atom stereocenters. The Morgan fingerprint density at radius 1 is 0.905 bits per heavy atom. The van der Waals surface area contributed by atoms with Crippen LogP contribution in [-0.4, -0.2) is 6.04 Å². The van der Waals surface area contributed by atoms with Crippen LogP contribution in [0.5, 0.6) is 0 Å². The van der Waals surface area contributed by atoms with Crippen LogP contribution in [0, 0.1) is 0 Å². The van der Waals surface area contributed by atoms with Gasteiger partial charge in [-0.2, -0.15) is 0 Å². The molecule has 1 aliphatic rings. The van der Waals surface area contributed by atoms with Crippen molar-refractivity contribution in [1.29, 1.82) is 0 Å². The van der Waals surface area contributed by atoms with Gasteiger partial charge in [0.2, 0.25) is 0 Å². The fraction of sp³-hybridized carbons (Fsp3) is 0.300. The predicted octanol–water partition coefficient (Wildman–Crippen LogP) is 4.80. The molecule has 0 saturated heterocycles. The average Bonchev–Trinajstić information content (AvgIpc) is 2.56. The van der Waals surface area contributed by atoms with Gasteiger partial charge in [0.1, 0.15) is 0 Å². The molecule has 1 aliphatic carbocycles. The molecule has 1 atom stereocenters. The zero-order chi connectivity index (χ0) is 14.3. The van der Waals surface area contributed by atoms with E-state index in [4.69, 9.17) is 0 Å². The number of hydrogen-bond donors (Lipinski definition) is 1. The summed E-state index contributed by atoms with van der Waals surface area (Å²) in [5, 5.41) is 3.74. The topological polar surface area (TPSA) is 12.0 Å². The third-order valence-corrected chi connectivity index (χ3v) is 4.20. The van der Waals surface area contributed by atoms with Gasteiger partial charge in [-0.25, -0.2) is 0 Å². The van der Waals surface area contributed by atoms with E-state index in [2.05, 4.69) is 72.1 Å². The summed E-state index contributed by atoms with van der Waals surface area (Å²) in [6.07, 6.45) is 7.51. The van der Waals surface area contributed by atoms with Crippen LogP contribution in [0.4, 0.5) is 0 Å². The van der Waals surface area contributed by atoms with Gasteiger partial charge in [-0.05, 0) is 30.4 Å². The first-order valence-electron chi connectivity index (χ1n) is 7.94. The highest BCUT2D eigenvalue weighted by molar-refractivity contribution is 5.54. The van der Waals surface area contributed by atoms with Crippen molar-refractivity contribution in [3.63, 3.8) is 0 Å². The highest BCUT2D eigenvalue weighted by Crippen LogP contribution is 2.26. The molecule has 1 fully saturated rings. The van der Waals surface area contributed by atoms with E-state index in [9.17, 15) is 0 Å². The monoisotopic (exact) mass is 277 g/mol. The zero-order valence-electron chi connectivity index (χ0n) is 12.5. The molecule has 3 rings (SSSR count). The Labute approximate surface area is 127 Å². The molecule has 1 N–H and O–H groups in total. The molecule has 0 radical (unpaired) electrons. The van der Waals surface area contributed by atoms with Gasteiger partial charge in [0.15, 0.2) is 0 Å². The molecule has 0 amide bonds. The van der Waals surface area contributed by atoms with Crippen LogP contribution in [-0.2, 0) is 6.54 Å². The highest BCUT2D eigenvalue weighted by atomic mass is 14.9. The van der Waals surface area contributed by atoms with Gasteiger partial charge in [-0.1, -0.05) is 78.7 Å². The number of benzene rings is 2. The third kappa shape index (κ3) is 4.05. The second-order valence-electron chi connectivity index (χ2n) is 5.79. The largest absolute Gasteiger partial charge is 0.306 e. The minimum Gasteiger partial charge on any atom is -0.306 e. The summed E-state index contributed by atoms with van der Waals surface area (Å²) in [6.45, 7) is 0.956. The summed E-state index contributed by atoms with van der Waals surface area (Å²) in [6, 6.07) is 21.9. The molecule has 0 aromatic heterocycles. The van der Waals surface area contributed by atoms with Crippen LogP contribution in [0.2, 0.25) is 0 Å². The molecule has 2 aromatic carbocycles. The maximum atomic E-state index is 3.74. The SMILES string of the molecule is C(=C1\CCCCC1NCc1ccccc1)/c1ccccc1. The quantitative estimate of drug-likeness (QED) is 0.846. The van der Waals surface area contributed by atoms with Gasteiger partial charge in [0.25, 0.3) is 0 Å². The molecule has 21 heavy (non-hydrogen) atoms. The Hall–Kier alpha value is -1.86. The van der Waals surface area contributed by atoms with Crippen molar-refractivity contribution in [2.45, 2.75) is 38.3 Å². The van der Waals surface area contributed by atoms with Crippen molar-refractivity contribution < 1.29 is 0 Å². The summed E-state index contributed by atoms with van der Waals surface area (Å²) in [5.74, 6) is 0. The first-order chi connectivity index (χ1) is 10.4. The first kappa shape index (κ1) is 14.1. The number of nitrogens with one attached hydrogen (secondary N) is 1. The molecule has 1 heteroatoms. The Morgan fingerprint density at radius 2 is 1.62 bits per heavy atom. The van der Waals surface area contributed by atoms with Gasteiger partial charge in [-0.15, -0.1) is 0 Å². The van der Waals surface area contributed by atoms with E-state index >= 15 is 0 Å². The average molecular weight is 277 g/mol. The van der Waals surface area contributed by atoms with Crippen molar-refractivity contribution >= 4 is 6.08 Å². The molecule has 1 saturated carbocycles. The number of rotatable bonds is 4. The van der Waals surface area contributed by atoms with Crippen molar-refractivity contribution in [2.24, 2.45) is 0 Å². The Balaban J connectivity index is 1.68. The van der Waals surface area contributed by atoms with Gasteiger partial charge < -0.3 is 5.32 Å². The van der Waals surface area contributed by atoms with Crippen LogP contribution in [0.3, 0.4) is 0 Å². The smallest absolute Gasteiger partial charge is 0.0285 e. The van der Waals surface area contributed by atoms with E-state index in [0.717, 1.165) is 6.54 Å². The molecule has 108 valence electrons. The van der Waals surface area contributed by atoms with Crippen LogP contribution in [0.1, 0.15) is 36.8 Å². The fourth-order valence-corrected chi connectivity index (χ4v) is 3.04. The fourth-order valence-electron chi connectivity index (χ4n) is 3.04. The van der Waals surface area contributed by atoms with E-state index in [0.29, 0.717) is 6.04 Å². The molecule has 0 spiro atoms. The third-order valence-electron chi connectivity index (χ3n) is 4.20. The first-order valence-corrected chi connectivity index (χ1v) is 7.94. The zero-order valence-corrected chi connectivity index (χ0v) is 12.5. The summed E-state index contributed by atoms with van der Waals surface area (Å²) in [7, 11) is 0. The molecule has 0 aliphatic heterocycles. The summed E-state index contributed by atoms with van der Waals surface area (Å²) < 4.78 is 0. The standard InChI is InChI=1S/C20H23N/c1-3-9-17(10-4-1)15-19-13-7-8-14-20(19)21-16-18-11-5-2-6-12-18/h1-6,9-12,15,20-21H,7-8,13-14,16H2/b19-15-. The van der Waals surface area contributed by atoms with Crippen molar-refractivity contribution in [2.75, 3.05) is 0 Å². The van der Waals surface area contributed by atoms with E-state index in [1.807, 2.05) is 0 Å². The second-order valence-corrected chi connectivity index (χ2v) is 5.79. The van der Waals surface area contributed by atoms with E-state index in [-0.39, 0.29) is 0 Å². The lowest BCUT2D eigenvalue weighted by Gasteiger charge is -2.27. The van der Waals surface area contributed by atoms with Crippen LogP contribution < -0.4 is 5.32 Å². The van der Waals surface area contributed by atoms with Gasteiger partial charge in [0, 0.05) is 12.6 Å². The molecular formula is C20H23N. The highest BCUT2D eigenvalue weighted by Gasteiger charge is 2.18. The van der Waals surface area contributed by atoms with E-state index in [1.54, 1.807) is 5.57 Å². The lowest BCUT2D eigenvalue weighted by Crippen LogP contribution is -2.32. The maximum absolute atomic E-state index is 3.74. The second kappa shape index (κ2) is 7.24. The summed E-state index contributed by atoms with van der Waals surface area (Å²) in [4.78, 5) is 0. The van der Waals surface area contributed by atoms with Crippen LogP contribution >= 0.6 is 0 Å². The Bertz CT molecular complexity index is 571. The lowest BCUT2D eigenvalue weighted by atomic mass is 9.88. The molecular weight excluding hydrogens is 254 g/mol. The van der Waals surface area contributed by atoms with Gasteiger partial charge in [0.05, 0.1) is 0 Å². The van der Waals surface area contributed by atoms with Crippen LogP contribution in [0.25, 0.3) is 6.08 Å². The molecule has 2 aromatic rings. The van der Waals surface area contributed by atoms with Gasteiger partial charge >= 0.3 is 0 Å². The summed E-state index contributed by atoms with van der Waals surface area (Å²) in [5.41, 5.74) is 4.24. The predicted molar refractivity (Wildman–Crippen MR) is 90.0 cm³/mol. The summed E-state index contributed by atoms with van der Waals surface area (Å²) >= 11 is 0. The molecule has 0 heterocycles. The van der Waals surface area contributed by atoms with Crippen LogP contribution in [0.15, 0.2) is 66.2 Å².